The van der Waals surface area contributed by atoms with Gasteiger partial charge in [0, 0.05) is 23.4 Å². The van der Waals surface area contributed by atoms with Gasteiger partial charge in [-0.25, -0.2) is 9.97 Å². The minimum absolute atomic E-state index is 0.0540. The molecule has 124 valence electrons. The van der Waals surface area contributed by atoms with Gasteiger partial charge in [-0.15, -0.1) is 11.3 Å². The summed E-state index contributed by atoms with van der Waals surface area (Å²) >= 11 is 3.24. The number of hydrogen-bond acceptors (Lipinski definition) is 6. The Morgan fingerprint density at radius 3 is 3.08 bits per heavy atom. The quantitative estimate of drug-likeness (QED) is 0.573. The molecule has 3 aromatic rings. The van der Waals surface area contributed by atoms with Crippen LogP contribution in [0.25, 0.3) is 10.2 Å². The molecule has 0 saturated heterocycles. The number of nitrogens with one attached hydrogen (secondary N) is 1. The number of carbonyl (C=O) groups excluding carboxylic acids is 1. The van der Waals surface area contributed by atoms with E-state index in [0.717, 1.165) is 33.8 Å². The Morgan fingerprint density at radius 2 is 2.29 bits per heavy atom. The molecule has 0 aliphatic heterocycles. The van der Waals surface area contributed by atoms with Crippen LogP contribution < -0.4 is 5.32 Å². The molecule has 8 heteroatoms. The first-order chi connectivity index (χ1) is 11.6. The minimum Gasteiger partial charge on any atom is -0.310 e. The average Bonchev–Trinajstić information content (AvgIpc) is 3.20. The van der Waals surface area contributed by atoms with Crippen LogP contribution in [0.1, 0.15) is 22.6 Å². The van der Waals surface area contributed by atoms with Gasteiger partial charge in [-0.1, -0.05) is 11.8 Å². The lowest BCUT2D eigenvalue weighted by Gasteiger charge is -2.06. The van der Waals surface area contributed by atoms with E-state index in [2.05, 4.69) is 20.4 Å². The van der Waals surface area contributed by atoms with Gasteiger partial charge in [-0.05, 0) is 31.7 Å². The van der Waals surface area contributed by atoms with Gasteiger partial charge in [-0.2, -0.15) is 5.10 Å². The zero-order valence-corrected chi connectivity index (χ0v) is 15.1. The molecule has 6 nitrogen and oxygen atoms in total. The fourth-order valence-corrected chi connectivity index (χ4v) is 5.17. The third kappa shape index (κ3) is 2.80. The average molecular weight is 359 g/mol. The summed E-state index contributed by atoms with van der Waals surface area (Å²) in [6, 6.07) is 1.86. The molecule has 0 aromatic carbocycles. The first-order valence-corrected chi connectivity index (χ1v) is 9.60. The molecule has 3 aromatic heterocycles. The number of nitrogens with zero attached hydrogens (tertiary/aromatic N) is 4. The number of amides is 1. The van der Waals surface area contributed by atoms with E-state index in [4.69, 9.17) is 0 Å². The van der Waals surface area contributed by atoms with Gasteiger partial charge in [0.15, 0.2) is 0 Å². The third-order valence-electron chi connectivity index (χ3n) is 4.08. The molecule has 1 N–H and O–H groups in total. The molecule has 1 aliphatic rings. The van der Waals surface area contributed by atoms with Gasteiger partial charge in [0.05, 0.1) is 11.4 Å². The highest BCUT2D eigenvalue weighted by Gasteiger charge is 2.21. The van der Waals surface area contributed by atoms with E-state index in [0.29, 0.717) is 11.6 Å². The van der Waals surface area contributed by atoms with Crippen molar-refractivity contribution in [2.24, 2.45) is 7.05 Å². The van der Waals surface area contributed by atoms with E-state index >= 15 is 0 Å². The van der Waals surface area contributed by atoms with Gasteiger partial charge in [-0.3, -0.25) is 9.48 Å². The molecule has 0 spiro atoms. The maximum Gasteiger partial charge on any atom is 0.235 e. The fraction of sp³-hybridized carbons (Fsp3) is 0.375. The SMILES string of the molecule is Cc1cc(NC(=O)CSc2ncnc3sc4c(c23)CCC4)n(C)n1. The molecule has 0 fully saturated rings. The number of fused-ring (bicyclic) bond motifs is 3. The van der Waals surface area contributed by atoms with Crippen molar-refractivity contribution in [3.63, 3.8) is 0 Å². The largest absolute Gasteiger partial charge is 0.310 e. The van der Waals surface area contributed by atoms with Crippen molar-refractivity contribution in [2.75, 3.05) is 11.1 Å². The third-order valence-corrected chi connectivity index (χ3v) is 6.27. The Kier molecular flexibility index (Phi) is 4.01. The molecule has 1 aliphatic carbocycles. The highest BCUT2D eigenvalue weighted by molar-refractivity contribution is 8.00. The second kappa shape index (κ2) is 6.18. The second-order valence-corrected chi connectivity index (χ2v) is 7.90. The van der Waals surface area contributed by atoms with Crippen molar-refractivity contribution in [1.29, 1.82) is 0 Å². The number of carbonyl (C=O) groups is 1. The van der Waals surface area contributed by atoms with Gasteiger partial charge < -0.3 is 5.32 Å². The van der Waals surface area contributed by atoms with Crippen LogP contribution in [0.4, 0.5) is 5.82 Å². The van der Waals surface area contributed by atoms with Gasteiger partial charge in [0.1, 0.15) is 22.0 Å². The number of rotatable bonds is 4. The predicted molar refractivity (Wildman–Crippen MR) is 96.7 cm³/mol. The topological polar surface area (TPSA) is 72.7 Å². The summed E-state index contributed by atoms with van der Waals surface area (Å²) in [6.45, 7) is 1.90. The summed E-state index contributed by atoms with van der Waals surface area (Å²) in [4.78, 5) is 23.5. The van der Waals surface area contributed by atoms with Crippen LogP contribution in [0.15, 0.2) is 17.4 Å². The van der Waals surface area contributed by atoms with Crippen molar-refractivity contribution < 1.29 is 4.79 Å². The van der Waals surface area contributed by atoms with Crippen LogP contribution in [0, 0.1) is 6.92 Å². The number of aryl methyl sites for hydroxylation is 4. The lowest BCUT2D eigenvalue weighted by atomic mass is 10.2. The van der Waals surface area contributed by atoms with E-state index in [9.17, 15) is 4.79 Å². The molecular formula is C16H17N5OS2. The van der Waals surface area contributed by atoms with Crippen LogP contribution in [0.3, 0.4) is 0 Å². The molecule has 4 rings (SSSR count). The highest BCUT2D eigenvalue weighted by atomic mass is 32.2. The number of hydrogen-bond donors (Lipinski definition) is 1. The Balaban J connectivity index is 1.51. The lowest BCUT2D eigenvalue weighted by Crippen LogP contribution is -2.16. The highest BCUT2D eigenvalue weighted by Crippen LogP contribution is 2.39. The number of thioether (sulfide) groups is 1. The van der Waals surface area contributed by atoms with Crippen LogP contribution >= 0.6 is 23.1 Å². The van der Waals surface area contributed by atoms with Crippen molar-refractivity contribution in [1.82, 2.24) is 19.7 Å². The summed E-state index contributed by atoms with van der Waals surface area (Å²) in [7, 11) is 1.82. The number of anilines is 1. The molecule has 24 heavy (non-hydrogen) atoms. The monoisotopic (exact) mass is 359 g/mol. The van der Waals surface area contributed by atoms with Crippen molar-refractivity contribution in [3.05, 3.63) is 28.5 Å². The molecule has 0 atom stereocenters. The van der Waals surface area contributed by atoms with Crippen molar-refractivity contribution in [2.45, 2.75) is 31.2 Å². The first kappa shape index (κ1) is 15.6. The zero-order valence-electron chi connectivity index (χ0n) is 13.5. The normalized spacial score (nSPS) is 13.4. The molecule has 0 saturated carbocycles. The van der Waals surface area contributed by atoms with Crippen LogP contribution in [0.2, 0.25) is 0 Å². The van der Waals surface area contributed by atoms with Gasteiger partial charge >= 0.3 is 0 Å². The summed E-state index contributed by atoms with van der Waals surface area (Å²) in [5, 5.41) is 9.20. The summed E-state index contributed by atoms with van der Waals surface area (Å²) in [5.41, 5.74) is 2.27. The van der Waals surface area contributed by atoms with Crippen LogP contribution in [-0.4, -0.2) is 31.4 Å². The predicted octanol–water partition coefficient (Wildman–Crippen LogP) is 2.95. The first-order valence-electron chi connectivity index (χ1n) is 7.80. The van der Waals surface area contributed by atoms with E-state index in [1.54, 1.807) is 22.3 Å². The van der Waals surface area contributed by atoms with E-state index in [-0.39, 0.29) is 5.91 Å². The lowest BCUT2D eigenvalue weighted by molar-refractivity contribution is -0.113. The van der Waals surface area contributed by atoms with E-state index < -0.39 is 0 Å². The summed E-state index contributed by atoms with van der Waals surface area (Å²) in [6.07, 6.45) is 5.03. The Labute approximate surface area is 147 Å². The van der Waals surface area contributed by atoms with E-state index in [1.807, 2.05) is 20.0 Å². The van der Waals surface area contributed by atoms with Crippen LogP contribution in [-0.2, 0) is 24.7 Å². The maximum absolute atomic E-state index is 12.2. The summed E-state index contributed by atoms with van der Waals surface area (Å²) in [5.74, 6) is 0.977. The Morgan fingerprint density at radius 1 is 1.42 bits per heavy atom. The summed E-state index contributed by atoms with van der Waals surface area (Å²) < 4.78 is 1.67. The standard InChI is InChI=1S/C16H17N5OS2/c1-9-6-12(21(2)20-9)19-13(22)7-23-15-14-10-4-3-5-11(10)24-16(14)18-8-17-15/h6,8H,3-5,7H2,1-2H3,(H,19,22). The Bertz CT molecular complexity index is 930. The molecule has 1 amide bonds. The van der Waals surface area contributed by atoms with Gasteiger partial charge in [0.25, 0.3) is 0 Å². The van der Waals surface area contributed by atoms with Crippen molar-refractivity contribution >= 4 is 45.0 Å². The fourth-order valence-electron chi connectivity index (χ4n) is 3.05. The zero-order chi connectivity index (χ0) is 16.7. The Hall–Kier alpha value is -1.93. The molecule has 3 heterocycles. The smallest absolute Gasteiger partial charge is 0.235 e. The minimum atomic E-state index is -0.0540. The number of aromatic nitrogens is 4. The van der Waals surface area contributed by atoms with E-state index in [1.165, 1.54) is 28.6 Å². The van der Waals surface area contributed by atoms with Gasteiger partial charge in [0.2, 0.25) is 5.91 Å². The second-order valence-electron chi connectivity index (χ2n) is 5.85. The maximum atomic E-state index is 12.2. The molecule has 0 radical (unpaired) electrons. The number of thiophene rings is 1. The molecule has 0 bridgehead atoms. The van der Waals surface area contributed by atoms with Crippen molar-refractivity contribution in [3.8, 4) is 0 Å². The molecular weight excluding hydrogens is 342 g/mol. The molecule has 0 unspecified atom stereocenters. The van der Waals surface area contributed by atoms with Crippen LogP contribution in [0.5, 0.6) is 0 Å².